The van der Waals surface area contributed by atoms with Crippen LogP contribution in [0.3, 0.4) is 0 Å². The predicted octanol–water partition coefficient (Wildman–Crippen LogP) is 20.8. The molecule has 0 rings (SSSR count). The zero-order valence-electron chi connectivity index (χ0n) is 47.2. The quantitative estimate of drug-likeness (QED) is 0.0261. The molecule has 71 heavy (non-hydrogen) atoms. The van der Waals surface area contributed by atoms with Crippen molar-refractivity contribution in [2.45, 2.75) is 322 Å². The largest absolute Gasteiger partial charge is 0.462 e. The Labute approximate surface area is 440 Å². The second kappa shape index (κ2) is 59.7. The average Bonchev–Trinajstić information content (AvgIpc) is 3.37. The third kappa shape index (κ3) is 57.9. The van der Waals surface area contributed by atoms with Crippen molar-refractivity contribution in [1.82, 2.24) is 0 Å². The van der Waals surface area contributed by atoms with Gasteiger partial charge in [0, 0.05) is 19.3 Å². The topological polar surface area (TPSA) is 78.9 Å². The minimum Gasteiger partial charge on any atom is -0.462 e. The first-order valence-corrected chi connectivity index (χ1v) is 30.8. The number of carbonyl (C=O) groups is 3. The van der Waals surface area contributed by atoms with Gasteiger partial charge >= 0.3 is 17.9 Å². The normalized spacial score (nSPS) is 12.4. The van der Waals surface area contributed by atoms with E-state index in [2.05, 4.69) is 81.5 Å². The summed E-state index contributed by atoms with van der Waals surface area (Å²) in [6.07, 6.45) is 75.3. The molecule has 0 aromatic rings. The molecule has 0 aromatic carbocycles. The molecule has 412 valence electrons. The molecule has 1 unspecified atom stereocenters. The van der Waals surface area contributed by atoms with E-state index in [1.165, 1.54) is 186 Å². The number of unbranched alkanes of at least 4 members (excludes halogenated alkanes) is 35. The Morgan fingerprint density at radius 3 is 0.859 bits per heavy atom. The molecule has 0 aliphatic rings. The van der Waals surface area contributed by atoms with E-state index in [9.17, 15) is 14.4 Å². The van der Waals surface area contributed by atoms with Crippen LogP contribution in [0.5, 0.6) is 0 Å². The summed E-state index contributed by atoms with van der Waals surface area (Å²) in [7, 11) is 0. The van der Waals surface area contributed by atoms with Crippen molar-refractivity contribution in [2.24, 2.45) is 0 Å². The van der Waals surface area contributed by atoms with Crippen molar-refractivity contribution in [3.8, 4) is 0 Å². The highest BCUT2D eigenvalue weighted by molar-refractivity contribution is 5.71. The number of carbonyl (C=O) groups excluding carboxylic acids is 3. The summed E-state index contributed by atoms with van der Waals surface area (Å²) in [6.45, 7) is 6.52. The van der Waals surface area contributed by atoms with Crippen LogP contribution in [0.25, 0.3) is 0 Å². The van der Waals surface area contributed by atoms with Gasteiger partial charge in [-0.1, -0.05) is 293 Å². The van der Waals surface area contributed by atoms with Crippen LogP contribution in [-0.4, -0.2) is 37.2 Å². The lowest BCUT2D eigenvalue weighted by molar-refractivity contribution is -0.167. The molecular weight excluding hydrogens is 877 g/mol. The first kappa shape index (κ1) is 68.1. The maximum atomic E-state index is 12.8. The van der Waals surface area contributed by atoms with Crippen molar-refractivity contribution >= 4 is 17.9 Å². The van der Waals surface area contributed by atoms with Crippen LogP contribution in [-0.2, 0) is 28.6 Å². The Bertz CT molecular complexity index is 1280. The van der Waals surface area contributed by atoms with Gasteiger partial charge in [-0.05, 0) is 64.2 Å². The average molecular weight is 994 g/mol. The third-order valence-corrected chi connectivity index (χ3v) is 13.5. The van der Waals surface area contributed by atoms with E-state index in [4.69, 9.17) is 14.2 Å². The fourth-order valence-corrected chi connectivity index (χ4v) is 8.94. The summed E-state index contributed by atoms with van der Waals surface area (Å²) in [5, 5.41) is 0. The highest BCUT2D eigenvalue weighted by Gasteiger charge is 2.19. The van der Waals surface area contributed by atoms with E-state index < -0.39 is 6.10 Å². The van der Waals surface area contributed by atoms with Gasteiger partial charge in [0.2, 0.25) is 0 Å². The SMILES string of the molecule is CC/C=C\C/C=C\C/C=C\C/C=C\C/C=C\CCCCCCCCCCCCCC(=O)OCC(COC(=O)CCCCCCCCC)OC(=O)CCCCCCCCCCCCCCCCCCCCC. The Hall–Kier alpha value is -2.89. The van der Waals surface area contributed by atoms with Crippen LogP contribution < -0.4 is 0 Å². The molecule has 0 aliphatic heterocycles. The molecule has 0 aliphatic carbocycles. The van der Waals surface area contributed by atoms with Crippen molar-refractivity contribution in [3.05, 3.63) is 60.8 Å². The summed E-state index contributed by atoms with van der Waals surface area (Å²) < 4.78 is 16.8. The molecule has 6 nitrogen and oxygen atoms in total. The highest BCUT2D eigenvalue weighted by atomic mass is 16.6. The Kier molecular flexibility index (Phi) is 57.2. The summed E-state index contributed by atoms with van der Waals surface area (Å²) >= 11 is 0. The lowest BCUT2D eigenvalue weighted by Crippen LogP contribution is -2.30. The third-order valence-electron chi connectivity index (χ3n) is 13.5. The van der Waals surface area contributed by atoms with Crippen LogP contribution in [0.1, 0.15) is 316 Å². The molecule has 0 heterocycles. The molecule has 0 fully saturated rings. The summed E-state index contributed by atoms with van der Waals surface area (Å²) in [4.78, 5) is 38.0. The number of esters is 3. The van der Waals surface area contributed by atoms with Gasteiger partial charge in [-0.25, -0.2) is 0 Å². The lowest BCUT2D eigenvalue weighted by Gasteiger charge is -2.18. The Morgan fingerprint density at radius 1 is 0.296 bits per heavy atom. The first-order valence-electron chi connectivity index (χ1n) is 30.8. The summed E-state index contributed by atoms with van der Waals surface area (Å²) in [6, 6.07) is 0. The van der Waals surface area contributed by atoms with E-state index >= 15 is 0 Å². The molecule has 0 spiro atoms. The van der Waals surface area contributed by atoms with Crippen molar-refractivity contribution < 1.29 is 28.6 Å². The van der Waals surface area contributed by atoms with Crippen LogP contribution in [0.4, 0.5) is 0 Å². The minimum atomic E-state index is -0.770. The fraction of sp³-hybridized carbons (Fsp3) is 0.800. The van der Waals surface area contributed by atoms with E-state index in [-0.39, 0.29) is 31.1 Å². The zero-order chi connectivity index (χ0) is 51.4. The van der Waals surface area contributed by atoms with Crippen LogP contribution in [0, 0.1) is 0 Å². The van der Waals surface area contributed by atoms with E-state index in [0.717, 1.165) is 89.9 Å². The molecule has 0 aromatic heterocycles. The van der Waals surface area contributed by atoms with E-state index in [1.807, 2.05) is 0 Å². The smallest absolute Gasteiger partial charge is 0.306 e. The van der Waals surface area contributed by atoms with Crippen molar-refractivity contribution in [3.63, 3.8) is 0 Å². The van der Waals surface area contributed by atoms with Gasteiger partial charge in [0.15, 0.2) is 6.10 Å². The van der Waals surface area contributed by atoms with Gasteiger partial charge in [-0.2, -0.15) is 0 Å². The Balaban J connectivity index is 4.12. The highest BCUT2D eigenvalue weighted by Crippen LogP contribution is 2.17. The number of allylic oxidation sites excluding steroid dienone is 10. The van der Waals surface area contributed by atoms with E-state index in [1.54, 1.807) is 0 Å². The van der Waals surface area contributed by atoms with Gasteiger partial charge in [-0.15, -0.1) is 0 Å². The maximum absolute atomic E-state index is 12.8. The van der Waals surface area contributed by atoms with Gasteiger partial charge in [0.1, 0.15) is 13.2 Å². The minimum absolute atomic E-state index is 0.0708. The number of rotatable bonds is 56. The zero-order valence-corrected chi connectivity index (χ0v) is 47.2. The van der Waals surface area contributed by atoms with Crippen LogP contribution >= 0.6 is 0 Å². The molecule has 1 atom stereocenters. The van der Waals surface area contributed by atoms with Crippen LogP contribution in [0.2, 0.25) is 0 Å². The second-order valence-corrected chi connectivity index (χ2v) is 20.6. The number of hydrogen-bond acceptors (Lipinski definition) is 6. The summed E-state index contributed by atoms with van der Waals surface area (Å²) in [5.74, 6) is -0.864. The number of ether oxygens (including phenoxy) is 3. The number of hydrogen-bond donors (Lipinski definition) is 0. The van der Waals surface area contributed by atoms with Gasteiger partial charge in [0.05, 0.1) is 0 Å². The molecule has 0 N–H and O–H groups in total. The van der Waals surface area contributed by atoms with Crippen LogP contribution in [0.15, 0.2) is 60.8 Å². The standard InChI is InChI=1S/C65H116O6/c1-4-7-10-13-16-18-20-22-24-26-28-29-30-31-32-33-34-35-37-38-40-42-44-46-49-52-55-58-64(67)70-61-62(60-69-63(66)57-54-51-48-15-12-9-6-3)71-65(68)59-56-53-50-47-45-43-41-39-36-27-25-23-21-19-17-14-11-8-5-2/h7,10,16,18,22,24,28-29,31-32,62H,4-6,8-9,11-15,17,19-21,23,25-27,30,33-61H2,1-3H3/b10-7-,18-16-,24-22-,29-28-,32-31-. The molecule has 0 saturated carbocycles. The van der Waals surface area contributed by atoms with Gasteiger partial charge in [-0.3, -0.25) is 14.4 Å². The van der Waals surface area contributed by atoms with Crippen molar-refractivity contribution in [1.29, 1.82) is 0 Å². The maximum Gasteiger partial charge on any atom is 0.306 e. The predicted molar refractivity (Wildman–Crippen MR) is 307 cm³/mol. The molecule has 0 radical (unpaired) electrons. The Morgan fingerprint density at radius 2 is 0.549 bits per heavy atom. The second-order valence-electron chi connectivity index (χ2n) is 20.6. The monoisotopic (exact) mass is 993 g/mol. The van der Waals surface area contributed by atoms with E-state index in [0.29, 0.717) is 19.3 Å². The fourth-order valence-electron chi connectivity index (χ4n) is 8.94. The van der Waals surface area contributed by atoms with Crippen molar-refractivity contribution in [2.75, 3.05) is 13.2 Å². The van der Waals surface area contributed by atoms with Gasteiger partial charge in [0.25, 0.3) is 0 Å². The molecule has 0 bridgehead atoms. The first-order chi connectivity index (χ1) is 35.0. The molecule has 0 saturated heterocycles. The lowest BCUT2D eigenvalue weighted by atomic mass is 10.0. The van der Waals surface area contributed by atoms with Gasteiger partial charge < -0.3 is 14.2 Å². The summed E-state index contributed by atoms with van der Waals surface area (Å²) in [5.41, 5.74) is 0. The molecule has 6 heteroatoms. The molecule has 0 amide bonds. The molecular formula is C65H116O6.